The van der Waals surface area contributed by atoms with Crippen LogP contribution in [0, 0.1) is 0 Å². The lowest BCUT2D eigenvalue weighted by Gasteiger charge is -2.29. The van der Waals surface area contributed by atoms with Gasteiger partial charge < -0.3 is 0 Å². The molecular weight excluding hydrogens is 721 g/mol. The third kappa shape index (κ3) is 4.84. The Kier molecular flexibility index (Phi) is 7.35. The molecule has 0 saturated carbocycles. The number of rotatable bonds is 5. The van der Waals surface area contributed by atoms with Crippen LogP contribution in [-0.4, -0.2) is 9.97 Å². The van der Waals surface area contributed by atoms with Gasteiger partial charge in [-0.15, -0.1) is 11.3 Å². The highest BCUT2D eigenvalue weighted by Gasteiger charge is 2.53. The Morgan fingerprint density at radius 2 is 0.862 bits per heavy atom. The zero-order chi connectivity index (χ0) is 38.2. The topological polar surface area (TPSA) is 25.8 Å². The summed E-state index contributed by atoms with van der Waals surface area (Å²) in [6.07, 6.45) is 0. The normalized spacial score (nSPS) is 13.0. The number of thiophene rings is 1. The summed E-state index contributed by atoms with van der Waals surface area (Å²) in [4.78, 5) is 12.0. The number of nitrogens with zero attached hydrogens (tertiary/aromatic N) is 2. The number of fused-ring (bicyclic) bond motifs is 12. The summed E-state index contributed by atoms with van der Waals surface area (Å²) < 4.78 is 1.32. The molecule has 0 aliphatic heterocycles. The molecule has 0 unspecified atom stereocenters. The lowest BCUT2D eigenvalue weighted by Crippen LogP contribution is -2.24. The van der Waals surface area contributed by atoms with Gasteiger partial charge >= 0.3 is 0 Å². The fraction of sp³-hybridized carbons (Fsp3) is 0.0182. The van der Waals surface area contributed by atoms with Gasteiger partial charge in [0.25, 0.3) is 0 Å². The van der Waals surface area contributed by atoms with Crippen LogP contribution in [0.1, 0.15) is 21.6 Å². The first-order valence-corrected chi connectivity index (χ1v) is 20.6. The van der Waals surface area contributed by atoms with E-state index in [-0.39, 0.29) is 0 Å². The molecule has 2 aliphatic carbocycles. The van der Waals surface area contributed by atoms with E-state index in [0.717, 1.165) is 39.2 Å². The van der Waals surface area contributed by atoms with Gasteiger partial charge in [0.1, 0.15) is 0 Å². The van der Waals surface area contributed by atoms with Crippen molar-refractivity contribution >= 4 is 21.4 Å². The molecule has 0 atom stereocenters. The van der Waals surface area contributed by atoms with Gasteiger partial charge in [0.05, 0.1) is 16.8 Å². The van der Waals surface area contributed by atoms with Crippen LogP contribution in [0.3, 0.4) is 0 Å². The zero-order valence-electron chi connectivity index (χ0n) is 31.4. The highest BCUT2D eigenvalue weighted by molar-refractivity contribution is 7.20. The summed E-state index contributed by atoms with van der Waals surface area (Å²) in [5.41, 5.74) is 18.6. The smallest absolute Gasteiger partial charge is 0.160 e. The SMILES string of the molecule is c1ccc(-c2cccc(-c3cc(-c4ccccc4)nc(-c4cccc(-c5cccc6c5-c5c(sc7ccccc57)C65c6ccccc6-c6ccccc65)c4)n3)c2)cc1. The third-order valence-corrected chi connectivity index (χ3v) is 13.4. The molecule has 0 bridgehead atoms. The van der Waals surface area contributed by atoms with Crippen LogP contribution in [0.4, 0.5) is 0 Å². The molecule has 1 spiro atoms. The quantitative estimate of drug-likeness (QED) is 0.175. The highest BCUT2D eigenvalue weighted by Crippen LogP contribution is 2.67. The van der Waals surface area contributed by atoms with Gasteiger partial charge in [-0.05, 0) is 79.9 Å². The molecule has 2 aliphatic rings. The lowest BCUT2D eigenvalue weighted by molar-refractivity contribution is 0.812. The van der Waals surface area contributed by atoms with Crippen LogP contribution in [0.25, 0.3) is 88.5 Å². The van der Waals surface area contributed by atoms with Crippen LogP contribution < -0.4 is 0 Å². The van der Waals surface area contributed by atoms with E-state index in [0.29, 0.717) is 5.82 Å². The first-order chi connectivity index (χ1) is 28.8. The van der Waals surface area contributed by atoms with Crippen molar-refractivity contribution in [1.82, 2.24) is 9.97 Å². The van der Waals surface area contributed by atoms with E-state index in [4.69, 9.17) is 9.97 Å². The highest BCUT2D eigenvalue weighted by atomic mass is 32.1. The van der Waals surface area contributed by atoms with Crippen LogP contribution >= 0.6 is 11.3 Å². The molecule has 2 aromatic heterocycles. The van der Waals surface area contributed by atoms with Gasteiger partial charge in [-0.25, -0.2) is 9.97 Å². The monoisotopic (exact) mass is 754 g/mol. The van der Waals surface area contributed by atoms with E-state index >= 15 is 0 Å². The summed E-state index contributed by atoms with van der Waals surface area (Å²) in [6, 6.07) is 74.6. The molecule has 0 N–H and O–H groups in total. The van der Waals surface area contributed by atoms with Crippen molar-refractivity contribution in [3.8, 4) is 78.4 Å². The molecule has 2 heterocycles. The third-order valence-electron chi connectivity index (χ3n) is 12.1. The first-order valence-electron chi connectivity index (χ1n) is 19.8. The van der Waals surface area contributed by atoms with Crippen molar-refractivity contribution < 1.29 is 0 Å². The molecule has 0 saturated heterocycles. The van der Waals surface area contributed by atoms with Crippen LogP contribution in [0.5, 0.6) is 0 Å². The Bertz CT molecular complexity index is 3190. The summed E-state index contributed by atoms with van der Waals surface area (Å²) >= 11 is 1.95. The Labute approximate surface area is 341 Å². The summed E-state index contributed by atoms with van der Waals surface area (Å²) in [5, 5.41) is 1.31. The Hall–Kier alpha value is -7.20. The molecule has 0 radical (unpaired) electrons. The second-order valence-corrected chi connectivity index (χ2v) is 16.3. The average molecular weight is 755 g/mol. The summed E-state index contributed by atoms with van der Waals surface area (Å²) in [7, 11) is 0. The van der Waals surface area contributed by atoms with E-state index in [9.17, 15) is 0 Å². The average Bonchev–Trinajstić information content (AvgIpc) is 3.93. The molecule has 58 heavy (non-hydrogen) atoms. The molecular formula is C55H34N2S. The van der Waals surface area contributed by atoms with Crippen LogP contribution in [0.2, 0.25) is 0 Å². The molecule has 270 valence electrons. The molecule has 12 rings (SSSR count). The minimum Gasteiger partial charge on any atom is -0.228 e. The van der Waals surface area contributed by atoms with Crippen molar-refractivity contribution in [3.63, 3.8) is 0 Å². The maximum Gasteiger partial charge on any atom is 0.160 e. The largest absolute Gasteiger partial charge is 0.228 e. The van der Waals surface area contributed by atoms with E-state index in [1.54, 1.807) is 0 Å². The van der Waals surface area contributed by atoms with Crippen molar-refractivity contribution in [2.75, 3.05) is 0 Å². The second-order valence-electron chi connectivity index (χ2n) is 15.2. The van der Waals surface area contributed by atoms with Gasteiger partial charge in [-0.3, -0.25) is 0 Å². The van der Waals surface area contributed by atoms with Crippen molar-refractivity contribution in [3.05, 3.63) is 228 Å². The predicted octanol–water partition coefficient (Wildman–Crippen LogP) is 14.4. The Morgan fingerprint density at radius 1 is 0.345 bits per heavy atom. The van der Waals surface area contributed by atoms with E-state index in [2.05, 4.69) is 200 Å². The van der Waals surface area contributed by atoms with Crippen molar-refractivity contribution in [2.24, 2.45) is 0 Å². The van der Waals surface area contributed by atoms with Crippen LogP contribution in [-0.2, 0) is 5.41 Å². The van der Waals surface area contributed by atoms with E-state index in [1.807, 2.05) is 17.4 Å². The molecule has 8 aromatic carbocycles. The van der Waals surface area contributed by atoms with Gasteiger partial charge in [-0.1, -0.05) is 182 Å². The standard InChI is InChI=1S/C55H34N2S/c1-3-16-35(17-4-1)37-20-13-22-39(32-37)49-34-48(36-18-5-2-6-19-36)56-54(57-49)40-23-14-21-38(33-40)41-27-15-30-47-51(41)52-44-26-9-12-31-50(44)58-53(52)55(47)45-28-10-7-24-42(45)43-25-8-11-29-46(43)55/h1-34H. The summed E-state index contributed by atoms with van der Waals surface area (Å²) in [5.74, 6) is 0.702. The van der Waals surface area contributed by atoms with E-state index in [1.165, 1.54) is 65.0 Å². The number of hydrogen-bond donors (Lipinski definition) is 0. The Morgan fingerprint density at radius 3 is 1.62 bits per heavy atom. The van der Waals surface area contributed by atoms with Gasteiger partial charge in [0.2, 0.25) is 0 Å². The maximum absolute atomic E-state index is 5.31. The second kappa shape index (κ2) is 12.9. The minimum atomic E-state index is -0.397. The lowest BCUT2D eigenvalue weighted by atomic mass is 9.73. The molecule has 10 aromatic rings. The number of benzene rings is 8. The Balaban J connectivity index is 1.07. The fourth-order valence-electron chi connectivity index (χ4n) is 9.62. The predicted molar refractivity (Wildman–Crippen MR) is 241 cm³/mol. The minimum absolute atomic E-state index is 0.397. The zero-order valence-corrected chi connectivity index (χ0v) is 32.2. The number of hydrogen-bond acceptors (Lipinski definition) is 3. The first kappa shape index (κ1) is 33.0. The molecule has 0 amide bonds. The molecule has 2 nitrogen and oxygen atoms in total. The fourth-order valence-corrected chi connectivity index (χ4v) is 11.1. The van der Waals surface area contributed by atoms with Gasteiger partial charge in [0.15, 0.2) is 5.82 Å². The molecule has 0 fully saturated rings. The summed E-state index contributed by atoms with van der Waals surface area (Å²) in [6.45, 7) is 0. The van der Waals surface area contributed by atoms with E-state index < -0.39 is 5.41 Å². The van der Waals surface area contributed by atoms with Crippen LogP contribution in [0.15, 0.2) is 206 Å². The maximum atomic E-state index is 5.31. The van der Waals surface area contributed by atoms with Crippen molar-refractivity contribution in [1.29, 1.82) is 0 Å². The number of aromatic nitrogens is 2. The molecule has 3 heteroatoms. The van der Waals surface area contributed by atoms with Gasteiger partial charge in [-0.2, -0.15) is 0 Å². The van der Waals surface area contributed by atoms with Crippen molar-refractivity contribution in [2.45, 2.75) is 5.41 Å². The van der Waals surface area contributed by atoms with Gasteiger partial charge in [0, 0.05) is 37.2 Å².